The molecule has 0 fully saturated rings. The van der Waals surface area contributed by atoms with Crippen LogP contribution in [0.25, 0.3) is 0 Å². The predicted molar refractivity (Wildman–Crippen MR) is 109 cm³/mol. The Morgan fingerprint density at radius 2 is 1.63 bits per heavy atom. The highest BCUT2D eigenvalue weighted by atomic mass is 19.1. The third kappa shape index (κ3) is 7.31. The number of amides is 1. The van der Waals surface area contributed by atoms with Crippen molar-refractivity contribution in [1.29, 1.82) is 0 Å². The number of Topliss-reactive ketones (excluding diaryl/α,β-unsaturated/α-hetero) is 1. The molecular formula is C23H26FNO5. The van der Waals surface area contributed by atoms with Gasteiger partial charge in [-0.3, -0.25) is 14.4 Å². The average Bonchev–Trinajstić information content (AvgIpc) is 2.74. The monoisotopic (exact) mass is 415 g/mol. The van der Waals surface area contributed by atoms with E-state index in [0.717, 1.165) is 31.4 Å². The first-order valence-corrected chi connectivity index (χ1v) is 9.91. The molecule has 0 unspecified atom stereocenters. The zero-order valence-corrected chi connectivity index (χ0v) is 16.9. The minimum Gasteiger partial charge on any atom is -0.494 e. The highest BCUT2D eigenvalue weighted by molar-refractivity contribution is 5.97. The molecule has 2 N–H and O–H groups in total. The van der Waals surface area contributed by atoms with E-state index in [2.05, 4.69) is 6.92 Å². The summed E-state index contributed by atoms with van der Waals surface area (Å²) in [6, 6.07) is 11.6. The average molecular weight is 415 g/mol. The van der Waals surface area contributed by atoms with Crippen LogP contribution < -0.4 is 10.5 Å². The molecule has 30 heavy (non-hydrogen) atoms. The van der Waals surface area contributed by atoms with Crippen LogP contribution >= 0.6 is 0 Å². The summed E-state index contributed by atoms with van der Waals surface area (Å²) < 4.78 is 23.7. The van der Waals surface area contributed by atoms with Gasteiger partial charge < -0.3 is 15.2 Å². The third-order valence-electron chi connectivity index (χ3n) is 4.43. The number of carbonyl (C=O) groups is 3. The Kier molecular flexibility index (Phi) is 9.00. The van der Waals surface area contributed by atoms with Gasteiger partial charge in [0.15, 0.2) is 5.78 Å². The quantitative estimate of drug-likeness (QED) is 0.319. The Bertz CT molecular complexity index is 849. The smallest absolute Gasteiger partial charge is 0.307 e. The first-order chi connectivity index (χ1) is 14.4. The van der Waals surface area contributed by atoms with Crippen molar-refractivity contribution in [2.75, 3.05) is 6.61 Å². The van der Waals surface area contributed by atoms with Crippen LogP contribution in [0.2, 0.25) is 0 Å². The molecule has 0 aromatic heterocycles. The van der Waals surface area contributed by atoms with Crippen LogP contribution in [0.4, 0.5) is 4.39 Å². The molecular weight excluding hydrogens is 389 g/mol. The number of halogens is 1. The maximum Gasteiger partial charge on any atom is 0.307 e. The lowest BCUT2D eigenvalue weighted by Gasteiger charge is -2.15. The summed E-state index contributed by atoms with van der Waals surface area (Å²) in [6.45, 7) is 2.75. The van der Waals surface area contributed by atoms with Crippen molar-refractivity contribution in [3.05, 3.63) is 65.5 Å². The van der Waals surface area contributed by atoms with Crippen LogP contribution in [-0.4, -0.2) is 24.3 Å². The number of ether oxygens (including phenoxy) is 2. The van der Waals surface area contributed by atoms with Gasteiger partial charge in [0.2, 0.25) is 6.10 Å². The van der Waals surface area contributed by atoms with E-state index in [1.54, 1.807) is 24.3 Å². The molecule has 7 heteroatoms. The van der Waals surface area contributed by atoms with E-state index in [0.29, 0.717) is 17.9 Å². The highest BCUT2D eigenvalue weighted by Crippen LogP contribution is 2.19. The van der Waals surface area contributed by atoms with Crippen molar-refractivity contribution in [2.45, 2.75) is 45.1 Å². The molecule has 2 rings (SSSR count). The largest absolute Gasteiger partial charge is 0.494 e. The molecule has 2 aromatic rings. The van der Waals surface area contributed by atoms with Crippen molar-refractivity contribution in [2.24, 2.45) is 5.73 Å². The molecule has 1 amide bonds. The molecule has 2 aromatic carbocycles. The summed E-state index contributed by atoms with van der Waals surface area (Å²) in [5, 5.41) is 0. The minimum absolute atomic E-state index is 0.0789. The van der Waals surface area contributed by atoms with Crippen LogP contribution in [0.3, 0.4) is 0 Å². The molecule has 0 heterocycles. The Balaban J connectivity index is 1.85. The van der Waals surface area contributed by atoms with E-state index >= 15 is 0 Å². The minimum atomic E-state index is -1.34. The number of ketones is 1. The fourth-order valence-electron chi connectivity index (χ4n) is 2.76. The third-order valence-corrected chi connectivity index (χ3v) is 4.43. The van der Waals surface area contributed by atoms with Gasteiger partial charge in [-0.15, -0.1) is 0 Å². The van der Waals surface area contributed by atoms with Crippen LogP contribution in [0.1, 0.15) is 61.1 Å². The topological polar surface area (TPSA) is 95.7 Å². The molecule has 1 atom stereocenters. The van der Waals surface area contributed by atoms with Gasteiger partial charge in [-0.05, 0) is 42.8 Å². The summed E-state index contributed by atoms with van der Waals surface area (Å²) >= 11 is 0. The van der Waals surface area contributed by atoms with Gasteiger partial charge in [0.05, 0.1) is 13.0 Å². The summed E-state index contributed by atoms with van der Waals surface area (Å²) in [7, 11) is 0. The molecule has 0 saturated heterocycles. The summed E-state index contributed by atoms with van der Waals surface area (Å²) in [4.78, 5) is 36.0. The zero-order valence-electron chi connectivity index (χ0n) is 16.9. The second kappa shape index (κ2) is 11.7. The number of nitrogens with two attached hydrogens (primary N) is 1. The van der Waals surface area contributed by atoms with E-state index in [9.17, 15) is 18.8 Å². The summed E-state index contributed by atoms with van der Waals surface area (Å²) in [5.41, 5.74) is 5.99. The molecule has 0 aliphatic heterocycles. The molecule has 0 radical (unpaired) electrons. The van der Waals surface area contributed by atoms with Gasteiger partial charge >= 0.3 is 5.97 Å². The van der Waals surface area contributed by atoms with Crippen molar-refractivity contribution >= 4 is 17.7 Å². The van der Waals surface area contributed by atoms with Gasteiger partial charge in [0.1, 0.15) is 11.6 Å². The van der Waals surface area contributed by atoms with Gasteiger partial charge in [-0.1, -0.05) is 31.9 Å². The molecule has 0 spiro atoms. The van der Waals surface area contributed by atoms with Gasteiger partial charge in [-0.2, -0.15) is 0 Å². The normalized spacial score (nSPS) is 11.5. The number of hydrogen-bond donors (Lipinski definition) is 1. The number of hydrogen-bond acceptors (Lipinski definition) is 5. The van der Waals surface area contributed by atoms with E-state index in [1.165, 1.54) is 12.1 Å². The molecule has 0 aliphatic rings. The van der Waals surface area contributed by atoms with E-state index < -0.39 is 23.8 Å². The van der Waals surface area contributed by atoms with Crippen LogP contribution in [0.5, 0.6) is 5.75 Å². The fraction of sp³-hybridized carbons (Fsp3) is 0.348. The van der Waals surface area contributed by atoms with Gasteiger partial charge in [0, 0.05) is 17.5 Å². The molecule has 0 aliphatic carbocycles. The van der Waals surface area contributed by atoms with Crippen LogP contribution in [0.15, 0.2) is 48.5 Å². The first-order valence-electron chi connectivity index (χ1n) is 9.91. The van der Waals surface area contributed by atoms with Crippen molar-refractivity contribution in [3.63, 3.8) is 0 Å². The standard InChI is InChI=1S/C23H26FNO5/c1-2-3-4-15-29-19-11-7-16(8-12-19)20(26)13-14-21(27)30-22(23(25)28)17-5-9-18(24)10-6-17/h5-12,22H,2-4,13-15H2,1H3,(H2,25,28)/t22-/m1/s1. The number of carbonyl (C=O) groups excluding carboxylic acids is 3. The fourth-order valence-corrected chi connectivity index (χ4v) is 2.76. The molecule has 160 valence electrons. The van der Waals surface area contributed by atoms with Crippen LogP contribution in [-0.2, 0) is 14.3 Å². The molecule has 0 bridgehead atoms. The second-order valence-electron chi connectivity index (χ2n) is 6.83. The van der Waals surface area contributed by atoms with E-state index in [4.69, 9.17) is 15.2 Å². The number of benzene rings is 2. The summed E-state index contributed by atoms with van der Waals surface area (Å²) in [5.74, 6) is -1.66. The summed E-state index contributed by atoms with van der Waals surface area (Å²) in [6.07, 6.45) is 1.57. The molecule has 6 nitrogen and oxygen atoms in total. The van der Waals surface area contributed by atoms with Crippen molar-refractivity contribution < 1.29 is 28.2 Å². The Morgan fingerprint density at radius 1 is 0.967 bits per heavy atom. The Morgan fingerprint density at radius 3 is 2.23 bits per heavy atom. The lowest BCUT2D eigenvalue weighted by Crippen LogP contribution is -2.26. The SMILES string of the molecule is CCCCCOc1ccc(C(=O)CCC(=O)O[C@@H](C(N)=O)c2ccc(F)cc2)cc1. The number of primary amides is 1. The lowest BCUT2D eigenvalue weighted by atomic mass is 10.1. The van der Waals surface area contributed by atoms with E-state index in [1.807, 2.05) is 0 Å². The first kappa shape index (κ1) is 23.1. The van der Waals surface area contributed by atoms with Gasteiger partial charge in [-0.25, -0.2) is 4.39 Å². The maximum absolute atomic E-state index is 13.0. The Hall–Kier alpha value is -3.22. The second-order valence-corrected chi connectivity index (χ2v) is 6.83. The number of esters is 1. The number of rotatable bonds is 12. The van der Waals surface area contributed by atoms with Crippen molar-refractivity contribution in [1.82, 2.24) is 0 Å². The highest BCUT2D eigenvalue weighted by Gasteiger charge is 2.23. The van der Waals surface area contributed by atoms with Gasteiger partial charge in [0.25, 0.3) is 5.91 Å². The zero-order chi connectivity index (χ0) is 21.9. The van der Waals surface area contributed by atoms with Crippen LogP contribution in [0, 0.1) is 5.82 Å². The molecule has 0 saturated carbocycles. The lowest BCUT2D eigenvalue weighted by molar-refractivity contribution is -0.155. The predicted octanol–water partition coefficient (Wildman–Crippen LogP) is 4.13. The Labute approximate surface area is 175 Å². The van der Waals surface area contributed by atoms with Crippen molar-refractivity contribution in [3.8, 4) is 5.75 Å². The van der Waals surface area contributed by atoms with E-state index in [-0.39, 0.29) is 24.2 Å². The maximum atomic E-state index is 13.0. The number of unbranched alkanes of at least 4 members (excludes halogenated alkanes) is 2.